The highest BCUT2D eigenvalue weighted by molar-refractivity contribution is 6.34. The zero-order chi connectivity index (χ0) is 28.8. The maximum atomic E-state index is 12.9. The van der Waals surface area contributed by atoms with Crippen LogP contribution < -0.4 is 14.8 Å². The molecule has 0 aliphatic rings. The second-order valence-electron chi connectivity index (χ2n) is 10.3. The van der Waals surface area contributed by atoms with Crippen molar-refractivity contribution in [3.8, 4) is 11.5 Å². The Morgan fingerprint density at radius 1 is 0.949 bits per heavy atom. The van der Waals surface area contributed by atoms with E-state index in [9.17, 15) is 14.7 Å². The van der Waals surface area contributed by atoms with Gasteiger partial charge in [0.1, 0.15) is 18.1 Å². The van der Waals surface area contributed by atoms with Gasteiger partial charge in [-0.25, -0.2) is 9.59 Å². The number of carboxylic acids is 1. The summed E-state index contributed by atoms with van der Waals surface area (Å²) in [4.78, 5) is 26.0. The van der Waals surface area contributed by atoms with Gasteiger partial charge in [0.15, 0.2) is 6.10 Å². The molecule has 8 nitrogen and oxygen atoms in total. The number of carbonyl (C=O) groups is 2. The first-order valence-corrected chi connectivity index (χ1v) is 13.9. The molecule has 0 aliphatic heterocycles. The smallest absolute Gasteiger partial charge is 0.333 e. The van der Waals surface area contributed by atoms with Gasteiger partial charge in [-0.3, -0.25) is 0 Å². The zero-order valence-electron chi connectivity index (χ0n) is 23.2. The largest absolute Gasteiger partial charge is 0.493 e. The fraction of sp³-hybridized carbons (Fsp3) is 0.517. The van der Waals surface area contributed by atoms with Crippen LogP contribution in [0.15, 0.2) is 42.5 Å². The van der Waals surface area contributed by atoms with E-state index < -0.39 is 12.1 Å². The predicted octanol–water partition coefficient (Wildman–Crippen LogP) is 6.32. The first-order chi connectivity index (χ1) is 18.5. The van der Waals surface area contributed by atoms with E-state index in [-0.39, 0.29) is 17.9 Å². The molecule has 2 N–H and O–H groups in total. The van der Waals surface area contributed by atoms with E-state index in [0.717, 1.165) is 18.4 Å². The summed E-state index contributed by atoms with van der Waals surface area (Å²) < 4.78 is 16.9. The maximum Gasteiger partial charge on any atom is 0.333 e. The Bertz CT molecular complexity index is 1020. The number of carboxylic acid groups (broad SMARTS) is 1. The fourth-order valence-corrected chi connectivity index (χ4v) is 4.11. The van der Waals surface area contributed by atoms with E-state index in [2.05, 4.69) is 26.1 Å². The van der Waals surface area contributed by atoms with Crippen LogP contribution in [0.1, 0.15) is 46.1 Å². The van der Waals surface area contributed by atoms with Crippen molar-refractivity contribution >= 4 is 35.2 Å². The molecule has 0 heterocycles. The Hall–Kier alpha value is -2.68. The summed E-state index contributed by atoms with van der Waals surface area (Å²) in [6.07, 6.45) is 0.889. The lowest BCUT2D eigenvalue weighted by Crippen LogP contribution is -2.45. The van der Waals surface area contributed by atoms with Gasteiger partial charge in [0.2, 0.25) is 0 Å². The van der Waals surface area contributed by atoms with Gasteiger partial charge in [-0.2, -0.15) is 0 Å². The van der Waals surface area contributed by atoms with Gasteiger partial charge in [-0.1, -0.05) is 56.1 Å². The maximum absolute atomic E-state index is 12.9. The number of halogens is 2. The molecule has 10 heteroatoms. The molecule has 39 heavy (non-hydrogen) atoms. The fourth-order valence-electron chi connectivity index (χ4n) is 3.60. The van der Waals surface area contributed by atoms with E-state index in [0.29, 0.717) is 61.0 Å². The molecule has 2 aromatic rings. The molecular formula is C29H40Cl2N2O6. The van der Waals surface area contributed by atoms with Gasteiger partial charge >= 0.3 is 12.0 Å². The Balaban J connectivity index is 1.85. The summed E-state index contributed by atoms with van der Waals surface area (Å²) >= 11 is 12.0. The lowest BCUT2D eigenvalue weighted by atomic mass is 9.97. The topological polar surface area (TPSA) is 97.3 Å². The Morgan fingerprint density at radius 2 is 1.59 bits per heavy atom. The molecular weight excluding hydrogens is 543 g/mol. The van der Waals surface area contributed by atoms with Crippen LogP contribution in [0.4, 0.5) is 4.79 Å². The number of hydrogen-bond donors (Lipinski definition) is 2. The van der Waals surface area contributed by atoms with E-state index >= 15 is 0 Å². The average molecular weight is 584 g/mol. The number of benzene rings is 2. The third-order valence-electron chi connectivity index (χ3n) is 5.60. The number of unbranched alkanes of at least 4 members (excludes halogenated alkanes) is 1. The van der Waals surface area contributed by atoms with Crippen molar-refractivity contribution in [1.82, 2.24) is 10.2 Å². The Morgan fingerprint density at radius 3 is 2.18 bits per heavy atom. The number of amides is 2. The molecule has 0 bridgehead atoms. The minimum atomic E-state index is -0.984. The number of ether oxygens (including phenoxy) is 3. The third kappa shape index (κ3) is 13.3. The number of nitrogens with zero attached hydrogens (tertiary/aromatic N) is 1. The molecule has 0 fully saturated rings. The van der Waals surface area contributed by atoms with E-state index in [4.69, 9.17) is 37.4 Å². The van der Waals surface area contributed by atoms with Crippen LogP contribution in [0.5, 0.6) is 11.5 Å². The van der Waals surface area contributed by atoms with Gasteiger partial charge in [-0.05, 0) is 61.1 Å². The number of rotatable bonds is 16. The van der Waals surface area contributed by atoms with Crippen LogP contribution in [-0.4, -0.2) is 67.6 Å². The van der Waals surface area contributed by atoms with Crippen molar-refractivity contribution in [2.24, 2.45) is 5.41 Å². The van der Waals surface area contributed by atoms with E-state index in [1.807, 2.05) is 12.1 Å². The summed E-state index contributed by atoms with van der Waals surface area (Å²) in [5, 5.41) is 13.3. The summed E-state index contributed by atoms with van der Waals surface area (Å²) in [5.74, 6) is 0.274. The highest BCUT2D eigenvalue weighted by Crippen LogP contribution is 2.24. The second-order valence-corrected chi connectivity index (χ2v) is 11.2. The SMILES string of the molecule is CCOC(Cc1ccc(OCCN(CCCCOc2cc(Cl)cc(Cl)c2)C(=O)NCC(C)(C)C)cc1)C(=O)O. The summed E-state index contributed by atoms with van der Waals surface area (Å²) in [6, 6.07) is 12.2. The number of urea groups is 1. The summed E-state index contributed by atoms with van der Waals surface area (Å²) in [5.41, 5.74) is 0.807. The first kappa shape index (κ1) is 32.5. The Kier molecular flexibility index (Phi) is 13.7. The molecule has 0 radical (unpaired) electrons. The van der Waals surface area contributed by atoms with Crippen LogP contribution in [-0.2, 0) is 16.0 Å². The predicted molar refractivity (Wildman–Crippen MR) is 154 cm³/mol. The van der Waals surface area contributed by atoms with Crippen LogP contribution >= 0.6 is 23.2 Å². The van der Waals surface area contributed by atoms with Gasteiger partial charge in [0.05, 0.1) is 13.2 Å². The number of hydrogen-bond acceptors (Lipinski definition) is 5. The summed E-state index contributed by atoms with van der Waals surface area (Å²) in [7, 11) is 0. The molecule has 1 unspecified atom stereocenters. The molecule has 0 aliphatic carbocycles. The van der Waals surface area contributed by atoms with E-state index in [1.165, 1.54) is 0 Å². The quantitative estimate of drug-likeness (QED) is 0.225. The molecule has 0 aromatic heterocycles. The highest BCUT2D eigenvalue weighted by Gasteiger charge is 2.19. The van der Waals surface area contributed by atoms with Gasteiger partial charge in [-0.15, -0.1) is 0 Å². The average Bonchev–Trinajstić information content (AvgIpc) is 2.85. The van der Waals surface area contributed by atoms with Crippen LogP contribution in [0.25, 0.3) is 0 Å². The van der Waals surface area contributed by atoms with Crippen molar-refractivity contribution < 1.29 is 28.9 Å². The van der Waals surface area contributed by atoms with Crippen molar-refractivity contribution in [2.45, 2.75) is 53.1 Å². The lowest BCUT2D eigenvalue weighted by molar-refractivity contribution is -0.149. The molecule has 2 rings (SSSR count). The first-order valence-electron chi connectivity index (χ1n) is 13.1. The molecule has 0 saturated carbocycles. The number of aliphatic carboxylic acids is 1. The summed E-state index contributed by atoms with van der Waals surface area (Å²) in [6.45, 7) is 10.6. The van der Waals surface area contributed by atoms with Crippen molar-refractivity contribution in [2.75, 3.05) is 39.5 Å². The zero-order valence-corrected chi connectivity index (χ0v) is 24.7. The second kappa shape index (κ2) is 16.4. The standard InChI is InChI=1S/C29H40Cl2N2O6/c1-5-37-26(27(34)35)16-21-8-10-24(11-9-21)39-15-13-33(28(36)32-20-29(2,3)4)12-6-7-14-38-25-18-22(30)17-23(31)19-25/h8-11,17-19,26H,5-7,12-16,20H2,1-4H3,(H,32,36)(H,34,35). The lowest BCUT2D eigenvalue weighted by Gasteiger charge is -2.26. The number of carbonyl (C=O) groups excluding carboxylic acids is 1. The number of nitrogens with one attached hydrogen (secondary N) is 1. The normalized spacial score (nSPS) is 12.1. The van der Waals surface area contributed by atoms with Gasteiger partial charge in [0, 0.05) is 36.2 Å². The monoisotopic (exact) mass is 582 g/mol. The highest BCUT2D eigenvalue weighted by atomic mass is 35.5. The van der Waals surface area contributed by atoms with Gasteiger partial charge < -0.3 is 29.5 Å². The molecule has 2 aromatic carbocycles. The van der Waals surface area contributed by atoms with Crippen molar-refractivity contribution in [1.29, 1.82) is 0 Å². The molecule has 1 atom stereocenters. The molecule has 216 valence electrons. The molecule has 0 spiro atoms. The third-order valence-corrected chi connectivity index (χ3v) is 6.04. The molecule has 2 amide bonds. The minimum Gasteiger partial charge on any atom is -0.493 e. The van der Waals surface area contributed by atoms with Crippen LogP contribution in [0.3, 0.4) is 0 Å². The van der Waals surface area contributed by atoms with Crippen molar-refractivity contribution in [3.05, 3.63) is 58.1 Å². The van der Waals surface area contributed by atoms with Crippen LogP contribution in [0, 0.1) is 5.41 Å². The van der Waals surface area contributed by atoms with Crippen LogP contribution in [0.2, 0.25) is 10.0 Å². The van der Waals surface area contributed by atoms with Crippen molar-refractivity contribution in [3.63, 3.8) is 0 Å². The molecule has 0 saturated heterocycles. The van der Waals surface area contributed by atoms with Gasteiger partial charge in [0.25, 0.3) is 0 Å². The van der Waals surface area contributed by atoms with E-state index in [1.54, 1.807) is 42.2 Å². The minimum absolute atomic E-state index is 0.0343. The Labute approximate surface area is 241 Å².